The van der Waals surface area contributed by atoms with Crippen molar-refractivity contribution < 1.29 is 14.6 Å². The molecule has 0 aliphatic heterocycles. The summed E-state index contributed by atoms with van der Waals surface area (Å²) in [6.07, 6.45) is 0.150. The van der Waals surface area contributed by atoms with Crippen LogP contribution in [0.4, 0.5) is 0 Å². The highest BCUT2D eigenvalue weighted by atomic mass is 35.5. The quantitative estimate of drug-likeness (QED) is 0.826. The van der Waals surface area contributed by atoms with E-state index in [-0.39, 0.29) is 30.5 Å². The van der Waals surface area contributed by atoms with Gasteiger partial charge in [0, 0.05) is 6.04 Å². The standard InChI is InChI=1S/C13H19NO3.ClH/c1-4-17-12(15)7-11(14)10-5-8(2)13(16)9(3)6-10;/h5-6,11,16H,4,7,14H2,1-3H3;1H/t11-;/m1./s1. The van der Waals surface area contributed by atoms with Crippen LogP contribution in [-0.2, 0) is 9.53 Å². The lowest BCUT2D eigenvalue weighted by Crippen LogP contribution is -2.17. The summed E-state index contributed by atoms with van der Waals surface area (Å²) in [7, 11) is 0. The lowest BCUT2D eigenvalue weighted by atomic mass is 9.99. The number of halogens is 1. The molecule has 0 heterocycles. The van der Waals surface area contributed by atoms with Crippen LogP contribution in [0.5, 0.6) is 5.75 Å². The van der Waals surface area contributed by atoms with Crippen LogP contribution in [0.1, 0.15) is 36.1 Å². The third-order valence-corrected chi connectivity index (χ3v) is 2.63. The minimum atomic E-state index is -0.396. The van der Waals surface area contributed by atoms with E-state index >= 15 is 0 Å². The summed E-state index contributed by atoms with van der Waals surface area (Å²) in [5.41, 5.74) is 8.30. The second-order valence-corrected chi connectivity index (χ2v) is 4.12. The molecular formula is C13H20ClNO3. The molecule has 0 spiro atoms. The first kappa shape index (κ1) is 16.7. The topological polar surface area (TPSA) is 72.5 Å². The number of rotatable bonds is 4. The molecule has 0 radical (unpaired) electrons. The van der Waals surface area contributed by atoms with E-state index in [1.54, 1.807) is 19.1 Å². The predicted octanol–water partition coefficient (Wildman–Crippen LogP) is 2.38. The Labute approximate surface area is 114 Å². The maximum Gasteiger partial charge on any atom is 0.307 e. The fraction of sp³-hybridized carbons (Fsp3) is 0.462. The Morgan fingerprint density at radius 3 is 2.33 bits per heavy atom. The molecule has 3 N–H and O–H groups in total. The van der Waals surface area contributed by atoms with Crippen LogP contribution in [-0.4, -0.2) is 17.7 Å². The molecule has 0 aliphatic rings. The van der Waals surface area contributed by atoms with E-state index < -0.39 is 6.04 Å². The van der Waals surface area contributed by atoms with Crippen molar-refractivity contribution in [3.63, 3.8) is 0 Å². The lowest BCUT2D eigenvalue weighted by molar-refractivity contribution is -0.143. The molecule has 5 heteroatoms. The molecule has 102 valence electrons. The van der Waals surface area contributed by atoms with Gasteiger partial charge in [-0.3, -0.25) is 4.79 Å². The number of carbonyl (C=O) groups excluding carboxylic acids is 1. The van der Waals surface area contributed by atoms with Gasteiger partial charge in [-0.05, 0) is 37.5 Å². The van der Waals surface area contributed by atoms with Crippen molar-refractivity contribution in [3.05, 3.63) is 28.8 Å². The number of phenolic OH excluding ortho intramolecular Hbond substituents is 1. The van der Waals surface area contributed by atoms with Gasteiger partial charge in [-0.1, -0.05) is 12.1 Å². The van der Waals surface area contributed by atoms with E-state index in [9.17, 15) is 9.90 Å². The molecule has 0 saturated heterocycles. The summed E-state index contributed by atoms with van der Waals surface area (Å²) in [4.78, 5) is 11.3. The summed E-state index contributed by atoms with van der Waals surface area (Å²) >= 11 is 0. The first-order valence-corrected chi connectivity index (χ1v) is 5.67. The number of aromatic hydroxyl groups is 1. The fourth-order valence-electron chi connectivity index (χ4n) is 1.72. The van der Waals surface area contributed by atoms with Crippen molar-refractivity contribution in [1.82, 2.24) is 0 Å². The SMILES string of the molecule is CCOC(=O)C[C@@H](N)c1cc(C)c(O)c(C)c1.Cl. The lowest BCUT2D eigenvalue weighted by Gasteiger charge is -2.14. The third-order valence-electron chi connectivity index (χ3n) is 2.63. The van der Waals surface area contributed by atoms with Gasteiger partial charge in [0.2, 0.25) is 0 Å². The number of aryl methyl sites for hydroxylation is 2. The highest BCUT2D eigenvalue weighted by molar-refractivity contribution is 5.85. The first-order chi connectivity index (χ1) is 7.95. The zero-order valence-corrected chi connectivity index (χ0v) is 11.7. The minimum absolute atomic E-state index is 0. The molecule has 18 heavy (non-hydrogen) atoms. The van der Waals surface area contributed by atoms with Gasteiger partial charge in [0.25, 0.3) is 0 Å². The van der Waals surface area contributed by atoms with Crippen molar-refractivity contribution in [3.8, 4) is 5.75 Å². The van der Waals surface area contributed by atoms with Gasteiger partial charge in [-0.25, -0.2) is 0 Å². The minimum Gasteiger partial charge on any atom is -0.507 e. The van der Waals surface area contributed by atoms with Crippen LogP contribution in [0, 0.1) is 13.8 Å². The van der Waals surface area contributed by atoms with Gasteiger partial charge in [0.1, 0.15) is 5.75 Å². The number of hydrogen-bond acceptors (Lipinski definition) is 4. The molecule has 0 amide bonds. The molecule has 0 aromatic heterocycles. The number of phenols is 1. The number of nitrogens with two attached hydrogens (primary N) is 1. The van der Waals surface area contributed by atoms with E-state index in [0.29, 0.717) is 6.61 Å². The fourth-order valence-corrected chi connectivity index (χ4v) is 1.72. The van der Waals surface area contributed by atoms with Gasteiger partial charge in [0.05, 0.1) is 13.0 Å². The highest BCUT2D eigenvalue weighted by Crippen LogP contribution is 2.26. The van der Waals surface area contributed by atoms with Crippen molar-refractivity contribution >= 4 is 18.4 Å². The molecule has 0 fully saturated rings. The van der Waals surface area contributed by atoms with Gasteiger partial charge in [-0.2, -0.15) is 0 Å². The molecule has 0 bridgehead atoms. The van der Waals surface area contributed by atoms with Crippen LogP contribution >= 0.6 is 12.4 Å². The largest absolute Gasteiger partial charge is 0.507 e. The van der Waals surface area contributed by atoms with E-state index in [4.69, 9.17) is 10.5 Å². The Balaban J connectivity index is 0.00000289. The number of esters is 1. The van der Waals surface area contributed by atoms with E-state index in [1.165, 1.54) is 0 Å². The van der Waals surface area contributed by atoms with Crippen molar-refractivity contribution in [2.45, 2.75) is 33.2 Å². The van der Waals surface area contributed by atoms with Crippen molar-refractivity contribution in [2.24, 2.45) is 5.73 Å². The monoisotopic (exact) mass is 273 g/mol. The van der Waals surface area contributed by atoms with Crippen molar-refractivity contribution in [1.29, 1.82) is 0 Å². The van der Waals surface area contributed by atoms with Crippen LogP contribution in [0.15, 0.2) is 12.1 Å². The Morgan fingerprint density at radius 1 is 1.39 bits per heavy atom. The highest BCUT2D eigenvalue weighted by Gasteiger charge is 2.14. The molecule has 0 unspecified atom stereocenters. The number of benzene rings is 1. The maximum atomic E-state index is 11.3. The molecule has 1 aromatic carbocycles. The average Bonchev–Trinajstić information content (AvgIpc) is 2.25. The third kappa shape index (κ3) is 4.20. The molecule has 1 aromatic rings. The second-order valence-electron chi connectivity index (χ2n) is 4.12. The van der Waals surface area contributed by atoms with Crippen LogP contribution in [0.3, 0.4) is 0 Å². The first-order valence-electron chi connectivity index (χ1n) is 5.67. The summed E-state index contributed by atoms with van der Waals surface area (Å²) in [6, 6.07) is 3.20. The molecule has 1 atom stereocenters. The van der Waals surface area contributed by atoms with Gasteiger partial charge in [-0.15, -0.1) is 12.4 Å². The summed E-state index contributed by atoms with van der Waals surface area (Å²) in [5.74, 6) is -0.0273. The summed E-state index contributed by atoms with van der Waals surface area (Å²) in [5, 5.41) is 9.65. The van der Waals surface area contributed by atoms with Crippen LogP contribution in [0.2, 0.25) is 0 Å². The Hall–Kier alpha value is -1.26. The Kier molecular flexibility index (Phi) is 6.73. The molecule has 1 rings (SSSR count). The normalized spacial score (nSPS) is 11.6. The Morgan fingerprint density at radius 2 is 1.89 bits per heavy atom. The Bertz CT molecular complexity index is 398. The zero-order chi connectivity index (χ0) is 13.0. The van der Waals surface area contributed by atoms with Gasteiger partial charge < -0.3 is 15.6 Å². The van der Waals surface area contributed by atoms with E-state index in [2.05, 4.69) is 0 Å². The zero-order valence-electron chi connectivity index (χ0n) is 10.9. The van der Waals surface area contributed by atoms with Crippen molar-refractivity contribution in [2.75, 3.05) is 6.61 Å². The smallest absolute Gasteiger partial charge is 0.307 e. The molecule has 0 aliphatic carbocycles. The second kappa shape index (κ2) is 7.24. The van der Waals surface area contributed by atoms with E-state index in [0.717, 1.165) is 16.7 Å². The summed E-state index contributed by atoms with van der Waals surface area (Å²) < 4.78 is 4.85. The van der Waals surface area contributed by atoms with Crippen LogP contribution in [0.25, 0.3) is 0 Å². The average molecular weight is 274 g/mol. The molecule has 4 nitrogen and oxygen atoms in total. The maximum absolute atomic E-state index is 11.3. The van der Waals surface area contributed by atoms with E-state index in [1.807, 2.05) is 13.8 Å². The predicted molar refractivity (Wildman–Crippen MR) is 73.0 cm³/mol. The molecule has 0 saturated carbocycles. The number of carbonyl (C=O) groups is 1. The van der Waals surface area contributed by atoms with Gasteiger partial charge >= 0.3 is 5.97 Å². The van der Waals surface area contributed by atoms with Crippen LogP contribution < -0.4 is 5.73 Å². The molecular weight excluding hydrogens is 254 g/mol. The number of hydrogen-bond donors (Lipinski definition) is 2. The summed E-state index contributed by atoms with van der Waals surface area (Å²) in [6.45, 7) is 5.74. The number of ether oxygens (including phenoxy) is 1. The van der Waals surface area contributed by atoms with Gasteiger partial charge in [0.15, 0.2) is 0 Å².